The molecule has 1 saturated heterocycles. The quantitative estimate of drug-likeness (QED) is 0.759. The second kappa shape index (κ2) is 6.98. The summed E-state index contributed by atoms with van der Waals surface area (Å²) in [6, 6.07) is 12.0. The van der Waals surface area contributed by atoms with Gasteiger partial charge in [-0.3, -0.25) is 4.98 Å². The Kier molecular flexibility index (Phi) is 4.55. The summed E-state index contributed by atoms with van der Waals surface area (Å²) in [7, 11) is 0. The molecule has 1 aliphatic rings. The number of benzene rings is 2. The van der Waals surface area contributed by atoms with Crippen molar-refractivity contribution in [3.05, 3.63) is 53.2 Å². The van der Waals surface area contributed by atoms with Crippen LogP contribution in [0.25, 0.3) is 22.2 Å². The minimum absolute atomic E-state index is 0.497. The van der Waals surface area contributed by atoms with Gasteiger partial charge in [0, 0.05) is 30.2 Å². The van der Waals surface area contributed by atoms with Crippen molar-refractivity contribution in [2.24, 2.45) is 5.73 Å². The molecule has 5 heteroatoms. The predicted molar refractivity (Wildman–Crippen MR) is 104 cm³/mol. The van der Waals surface area contributed by atoms with Crippen LogP contribution in [0.5, 0.6) is 0 Å². The van der Waals surface area contributed by atoms with Crippen LogP contribution in [0.1, 0.15) is 24.8 Å². The molecule has 0 unspecified atom stereocenters. The van der Waals surface area contributed by atoms with Gasteiger partial charge < -0.3 is 10.6 Å². The van der Waals surface area contributed by atoms with E-state index >= 15 is 0 Å². The molecule has 2 N–H and O–H groups in total. The van der Waals surface area contributed by atoms with E-state index in [1.807, 2.05) is 36.5 Å². The van der Waals surface area contributed by atoms with E-state index in [0.29, 0.717) is 6.54 Å². The first-order valence-electron chi connectivity index (χ1n) is 8.75. The summed E-state index contributed by atoms with van der Waals surface area (Å²) in [6.07, 6.45) is 5.63. The van der Waals surface area contributed by atoms with E-state index in [1.165, 1.54) is 19.3 Å². The lowest BCUT2D eigenvalue weighted by molar-refractivity contribution is 0.573. The zero-order valence-electron chi connectivity index (χ0n) is 14.1. The monoisotopic (exact) mass is 352 g/mol. The molecule has 0 amide bonds. The largest absolute Gasteiger partial charge is 0.355 e. The molecule has 1 fully saturated rings. The molecule has 128 valence electrons. The third-order valence-corrected chi connectivity index (χ3v) is 5.12. The van der Waals surface area contributed by atoms with Crippen LogP contribution in [0.2, 0.25) is 5.02 Å². The maximum Gasteiger partial charge on any atom is 0.147 e. The van der Waals surface area contributed by atoms with E-state index in [-0.39, 0.29) is 0 Å². The Morgan fingerprint density at radius 3 is 2.64 bits per heavy atom. The third-order valence-electron chi connectivity index (χ3n) is 4.79. The van der Waals surface area contributed by atoms with Crippen molar-refractivity contribution in [3.63, 3.8) is 0 Å². The number of fused-ring (bicyclic) bond motifs is 1. The number of nitrogens with two attached hydrogens (primary N) is 1. The first kappa shape index (κ1) is 16.3. The minimum atomic E-state index is 0.497. The molecule has 4 rings (SSSR count). The molecule has 2 heterocycles. The number of hydrogen-bond donors (Lipinski definition) is 1. The Hall–Kier alpha value is -2.17. The normalized spacial score (nSPS) is 14.9. The Morgan fingerprint density at radius 1 is 1.00 bits per heavy atom. The average Bonchev–Trinajstić information content (AvgIpc) is 2.68. The van der Waals surface area contributed by atoms with Crippen LogP contribution in [0.3, 0.4) is 0 Å². The average molecular weight is 353 g/mol. The van der Waals surface area contributed by atoms with Crippen molar-refractivity contribution in [2.75, 3.05) is 18.0 Å². The second-order valence-corrected chi connectivity index (χ2v) is 6.90. The summed E-state index contributed by atoms with van der Waals surface area (Å²) in [5.74, 6) is 0.964. The number of rotatable bonds is 3. The molecule has 25 heavy (non-hydrogen) atoms. The van der Waals surface area contributed by atoms with Gasteiger partial charge in [0.2, 0.25) is 0 Å². The smallest absolute Gasteiger partial charge is 0.147 e. The summed E-state index contributed by atoms with van der Waals surface area (Å²) in [5, 5.41) is 0.719. The van der Waals surface area contributed by atoms with Gasteiger partial charge in [-0.2, -0.15) is 0 Å². The standard InChI is InChI=1S/C20H21ClN4/c21-17-6-4-14(12-22)10-16(17)15-5-7-18-19(11-15)24-20(13-23-18)25-8-2-1-3-9-25/h4-7,10-11,13H,1-3,8-9,12,22H2. The van der Waals surface area contributed by atoms with Crippen molar-refractivity contribution in [3.8, 4) is 11.1 Å². The van der Waals surface area contributed by atoms with Gasteiger partial charge in [-0.1, -0.05) is 23.7 Å². The fourth-order valence-corrected chi connectivity index (χ4v) is 3.59. The first-order valence-corrected chi connectivity index (χ1v) is 9.13. The van der Waals surface area contributed by atoms with Crippen LogP contribution in [0.15, 0.2) is 42.6 Å². The Morgan fingerprint density at radius 2 is 1.84 bits per heavy atom. The van der Waals surface area contributed by atoms with Crippen molar-refractivity contribution >= 4 is 28.5 Å². The molecular weight excluding hydrogens is 332 g/mol. The highest BCUT2D eigenvalue weighted by molar-refractivity contribution is 6.33. The van der Waals surface area contributed by atoms with Gasteiger partial charge >= 0.3 is 0 Å². The predicted octanol–water partition coefficient (Wildman–Crippen LogP) is 4.40. The van der Waals surface area contributed by atoms with E-state index in [9.17, 15) is 0 Å². The summed E-state index contributed by atoms with van der Waals surface area (Å²) < 4.78 is 0. The topological polar surface area (TPSA) is 55.0 Å². The number of nitrogens with zero attached hydrogens (tertiary/aromatic N) is 3. The summed E-state index contributed by atoms with van der Waals surface area (Å²) in [4.78, 5) is 11.8. The lowest BCUT2D eigenvalue weighted by Gasteiger charge is -2.27. The van der Waals surface area contributed by atoms with E-state index in [2.05, 4.69) is 16.0 Å². The summed E-state index contributed by atoms with van der Waals surface area (Å²) in [6.45, 7) is 2.62. The Labute approximate surface area is 152 Å². The van der Waals surface area contributed by atoms with Gasteiger partial charge in [-0.05, 0) is 54.7 Å². The maximum atomic E-state index is 6.41. The van der Waals surface area contributed by atoms with Gasteiger partial charge in [0.05, 0.1) is 17.2 Å². The number of piperidine rings is 1. The van der Waals surface area contributed by atoms with Gasteiger partial charge in [0.15, 0.2) is 0 Å². The van der Waals surface area contributed by atoms with Crippen LogP contribution in [-0.2, 0) is 6.54 Å². The minimum Gasteiger partial charge on any atom is -0.355 e. The highest BCUT2D eigenvalue weighted by atomic mass is 35.5. The number of aromatic nitrogens is 2. The summed E-state index contributed by atoms with van der Waals surface area (Å²) in [5.41, 5.74) is 10.7. The van der Waals surface area contributed by atoms with Crippen molar-refractivity contribution in [2.45, 2.75) is 25.8 Å². The fraction of sp³-hybridized carbons (Fsp3) is 0.300. The highest BCUT2D eigenvalue weighted by Crippen LogP contribution is 2.31. The van der Waals surface area contributed by atoms with Gasteiger partial charge in [-0.25, -0.2) is 4.98 Å². The zero-order chi connectivity index (χ0) is 17.2. The van der Waals surface area contributed by atoms with E-state index in [0.717, 1.165) is 51.7 Å². The van der Waals surface area contributed by atoms with Crippen molar-refractivity contribution < 1.29 is 0 Å². The third kappa shape index (κ3) is 3.32. The van der Waals surface area contributed by atoms with Crippen molar-refractivity contribution in [1.29, 1.82) is 0 Å². The van der Waals surface area contributed by atoms with E-state index in [4.69, 9.17) is 22.3 Å². The van der Waals surface area contributed by atoms with Crippen LogP contribution in [0.4, 0.5) is 5.82 Å². The summed E-state index contributed by atoms with van der Waals surface area (Å²) >= 11 is 6.41. The van der Waals surface area contributed by atoms with Gasteiger partial charge in [0.1, 0.15) is 5.82 Å². The van der Waals surface area contributed by atoms with E-state index in [1.54, 1.807) is 0 Å². The number of anilines is 1. The maximum absolute atomic E-state index is 6.41. The van der Waals surface area contributed by atoms with Crippen LogP contribution in [-0.4, -0.2) is 23.1 Å². The van der Waals surface area contributed by atoms with Gasteiger partial charge in [0.25, 0.3) is 0 Å². The lowest BCUT2D eigenvalue weighted by atomic mass is 10.0. The molecule has 3 aromatic rings. The molecule has 0 spiro atoms. The number of hydrogen-bond acceptors (Lipinski definition) is 4. The molecule has 1 aromatic heterocycles. The number of halogens is 1. The fourth-order valence-electron chi connectivity index (χ4n) is 3.37. The molecular formula is C20H21ClN4. The van der Waals surface area contributed by atoms with Crippen LogP contribution in [0, 0.1) is 0 Å². The van der Waals surface area contributed by atoms with Crippen LogP contribution < -0.4 is 10.6 Å². The molecule has 1 aliphatic heterocycles. The van der Waals surface area contributed by atoms with Crippen molar-refractivity contribution in [1.82, 2.24) is 9.97 Å². The zero-order valence-corrected chi connectivity index (χ0v) is 14.8. The molecule has 0 atom stereocenters. The Balaban J connectivity index is 1.76. The van der Waals surface area contributed by atoms with E-state index < -0.39 is 0 Å². The molecule has 0 aliphatic carbocycles. The molecule has 4 nitrogen and oxygen atoms in total. The Bertz CT molecular complexity index is 903. The SMILES string of the molecule is NCc1ccc(Cl)c(-c2ccc3ncc(N4CCCCC4)nc3c2)c1. The molecule has 0 saturated carbocycles. The second-order valence-electron chi connectivity index (χ2n) is 6.50. The first-order chi connectivity index (χ1) is 12.2. The highest BCUT2D eigenvalue weighted by Gasteiger charge is 2.13. The van der Waals surface area contributed by atoms with Gasteiger partial charge in [-0.15, -0.1) is 0 Å². The molecule has 2 aromatic carbocycles. The lowest BCUT2D eigenvalue weighted by Crippen LogP contribution is -2.30. The molecule has 0 radical (unpaired) electrons. The molecule has 0 bridgehead atoms. The van der Waals surface area contributed by atoms with Crippen LogP contribution >= 0.6 is 11.6 Å².